The van der Waals surface area contributed by atoms with Crippen LogP contribution in [0.15, 0.2) is 24.4 Å². The summed E-state index contributed by atoms with van der Waals surface area (Å²) in [4.78, 5) is 4.40. The van der Waals surface area contributed by atoms with Gasteiger partial charge >= 0.3 is 0 Å². The maximum absolute atomic E-state index is 6.25. The molecule has 108 valence electrons. The molecular formula is C15H16Cl2INO. The second-order valence-corrected chi connectivity index (χ2v) is 6.74. The van der Waals surface area contributed by atoms with Gasteiger partial charge < -0.3 is 4.74 Å². The van der Waals surface area contributed by atoms with E-state index in [0.29, 0.717) is 23.4 Å². The number of nitrogens with zero attached hydrogens (tertiary/aromatic N) is 1. The lowest BCUT2D eigenvalue weighted by molar-refractivity contribution is 0.283. The fraction of sp³-hybridized carbons (Fsp3) is 0.400. The predicted molar refractivity (Wildman–Crippen MR) is 94.1 cm³/mol. The zero-order valence-corrected chi connectivity index (χ0v) is 14.9. The molecule has 0 spiro atoms. The molecule has 2 rings (SSSR count). The van der Waals surface area contributed by atoms with Crippen molar-refractivity contribution in [3.05, 3.63) is 33.0 Å². The van der Waals surface area contributed by atoms with Gasteiger partial charge in [0.25, 0.3) is 0 Å². The van der Waals surface area contributed by atoms with E-state index in [1.165, 1.54) is 0 Å². The highest BCUT2D eigenvalue weighted by molar-refractivity contribution is 14.1. The number of aromatic nitrogens is 1. The number of ether oxygens (including phenoxy) is 1. The number of halogens is 3. The fourth-order valence-electron chi connectivity index (χ4n) is 1.98. The normalized spacial score (nSPS) is 12.6. The largest absolute Gasteiger partial charge is 0.490 e. The molecule has 0 aliphatic carbocycles. The van der Waals surface area contributed by atoms with Gasteiger partial charge in [-0.05, 0) is 59.5 Å². The summed E-state index contributed by atoms with van der Waals surface area (Å²) in [5.74, 6) is 2.09. The molecular weight excluding hydrogens is 408 g/mol. The molecule has 0 aliphatic rings. The zero-order valence-electron chi connectivity index (χ0n) is 11.2. The van der Waals surface area contributed by atoms with E-state index in [1.54, 1.807) is 6.20 Å². The summed E-state index contributed by atoms with van der Waals surface area (Å²) in [6.45, 7) is 2.86. The van der Waals surface area contributed by atoms with Crippen molar-refractivity contribution in [3.8, 4) is 5.75 Å². The van der Waals surface area contributed by atoms with Crippen molar-refractivity contribution < 1.29 is 4.74 Å². The van der Waals surface area contributed by atoms with E-state index in [4.69, 9.17) is 27.9 Å². The Kier molecular flexibility index (Phi) is 6.18. The summed E-state index contributed by atoms with van der Waals surface area (Å²) < 4.78 is 6.94. The highest BCUT2D eigenvalue weighted by Crippen LogP contribution is 2.34. The van der Waals surface area contributed by atoms with Gasteiger partial charge in [0.2, 0.25) is 0 Å². The molecule has 5 heteroatoms. The summed E-state index contributed by atoms with van der Waals surface area (Å²) in [5, 5.41) is 1.64. The summed E-state index contributed by atoms with van der Waals surface area (Å²) >= 11 is 14.2. The molecule has 2 nitrogen and oxygen atoms in total. The number of pyridine rings is 1. The number of fused-ring (bicyclic) bond motifs is 1. The molecule has 0 saturated carbocycles. The second-order valence-electron chi connectivity index (χ2n) is 4.79. The van der Waals surface area contributed by atoms with Gasteiger partial charge in [0.1, 0.15) is 5.52 Å². The Morgan fingerprint density at radius 2 is 2.20 bits per heavy atom. The fourth-order valence-corrected chi connectivity index (χ4v) is 3.52. The summed E-state index contributed by atoms with van der Waals surface area (Å²) in [7, 11) is 0. The van der Waals surface area contributed by atoms with Gasteiger partial charge in [0, 0.05) is 17.5 Å². The van der Waals surface area contributed by atoms with E-state index >= 15 is 0 Å². The maximum Gasteiger partial charge on any atom is 0.158 e. The highest BCUT2D eigenvalue weighted by Gasteiger charge is 2.12. The molecule has 1 aromatic heterocycles. The van der Waals surface area contributed by atoms with Crippen LogP contribution in [0, 0.1) is 9.49 Å². The highest BCUT2D eigenvalue weighted by atomic mass is 127. The molecule has 0 N–H and O–H groups in total. The Bertz CT molecular complexity index is 591. The van der Waals surface area contributed by atoms with Crippen LogP contribution in [0.4, 0.5) is 0 Å². The third-order valence-electron chi connectivity index (χ3n) is 3.21. The first-order valence-electron chi connectivity index (χ1n) is 6.55. The van der Waals surface area contributed by atoms with Crippen LogP contribution in [0.1, 0.15) is 19.8 Å². The Morgan fingerprint density at radius 1 is 1.40 bits per heavy atom. The SMILES string of the molecule is CC(CCCl)CCOc1c(I)cc(Cl)c2cccnc12. The van der Waals surface area contributed by atoms with Gasteiger partial charge in [0.15, 0.2) is 5.75 Å². The van der Waals surface area contributed by atoms with Crippen LogP contribution >= 0.6 is 45.8 Å². The zero-order chi connectivity index (χ0) is 14.5. The Labute approximate surface area is 143 Å². The molecule has 1 aromatic carbocycles. The van der Waals surface area contributed by atoms with Crippen LogP contribution < -0.4 is 4.74 Å². The topological polar surface area (TPSA) is 22.1 Å². The molecule has 0 radical (unpaired) electrons. The van der Waals surface area contributed by atoms with Crippen molar-refractivity contribution in [2.24, 2.45) is 5.92 Å². The molecule has 0 fully saturated rings. The number of alkyl halides is 1. The predicted octanol–water partition coefficient (Wildman–Crippen LogP) is 5.53. The van der Waals surface area contributed by atoms with Crippen molar-refractivity contribution in [2.45, 2.75) is 19.8 Å². The van der Waals surface area contributed by atoms with Crippen LogP contribution in [0.25, 0.3) is 10.9 Å². The first kappa shape index (κ1) is 16.1. The molecule has 2 aromatic rings. The Balaban J connectivity index is 2.17. The lowest BCUT2D eigenvalue weighted by Crippen LogP contribution is -2.06. The molecule has 1 heterocycles. The monoisotopic (exact) mass is 423 g/mol. The van der Waals surface area contributed by atoms with Gasteiger partial charge in [-0.1, -0.05) is 18.5 Å². The minimum absolute atomic E-state index is 0.566. The molecule has 0 amide bonds. The van der Waals surface area contributed by atoms with E-state index in [-0.39, 0.29) is 0 Å². The van der Waals surface area contributed by atoms with Crippen molar-refractivity contribution in [1.29, 1.82) is 0 Å². The third-order valence-corrected chi connectivity index (χ3v) is 4.54. The molecule has 0 bridgehead atoms. The Hall–Kier alpha value is -0.260. The number of benzene rings is 1. The van der Waals surface area contributed by atoms with Crippen molar-refractivity contribution in [3.63, 3.8) is 0 Å². The smallest absolute Gasteiger partial charge is 0.158 e. The minimum atomic E-state index is 0.566. The van der Waals surface area contributed by atoms with Gasteiger partial charge in [-0.25, -0.2) is 0 Å². The molecule has 0 saturated heterocycles. The number of rotatable bonds is 6. The van der Waals surface area contributed by atoms with E-state index in [0.717, 1.165) is 33.1 Å². The molecule has 20 heavy (non-hydrogen) atoms. The van der Waals surface area contributed by atoms with E-state index in [2.05, 4.69) is 34.5 Å². The molecule has 0 aliphatic heterocycles. The molecule has 1 atom stereocenters. The maximum atomic E-state index is 6.25. The van der Waals surface area contributed by atoms with Crippen molar-refractivity contribution in [1.82, 2.24) is 4.98 Å². The van der Waals surface area contributed by atoms with Crippen LogP contribution in [0.3, 0.4) is 0 Å². The third kappa shape index (κ3) is 3.89. The number of hydrogen-bond donors (Lipinski definition) is 0. The first-order chi connectivity index (χ1) is 9.63. The average molecular weight is 424 g/mol. The van der Waals surface area contributed by atoms with Crippen LogP contribution in [0.2, 0.25) is 5.02 Å². The minimum Gasteiger partial charge on any atom is -0.490 e. The van der Waals surface area contributed by atoms with Crippen LogP contribution in [0.5, 0.6) is 5.75 Å². The second kappa shape index (κ2) is 7.66. The van der Waals surface area contributed by atoms with Crippen LogP contribution in [-0.2, 0) is 0 Å². The van der Waals surface area contributed by atoms with Crippen molar-refractivity contribution in [2.75, 3.05) is 12.5 Å². The van der Waals surface area contributed by atoms with E-state index in [9.17, 15) is 0 Å². The van der Waals surface area contributed by atoms with Gasteiger partial charge in [-0.2, -0.15) is 0 Å². The van der Waals surface area contributed by atoms with Gasteiger partial charge in [-0.15, -0.1) is 11.6 Å². The lowest BCUT2D eigenvalue weighted by Gasteiger charge is -2.14. The summed E-state index contributed by atoms with van der Waals surface area (Å²) in [5.41, 5.74) is 0.828. The quantitative estimate of drug-likeness (QED) is 0.450. The lowest BCUT2D eigenvalue weighted by atomic mass is 10.1. The van der Waals surface area contributed by atoms with Crippen LogP contribution in [-0.4, -0.2) is 17.5 Å². The Morgan fingerprint density at radius 3 is 2.95 bits per heavy atom. The summed E-state index contributed by atoms with van der Waals surface area (Å²) in [6, 6.07) is 5.76. The van der Waals surface area contributed by atoms with Gasteiger partial charge in [0.05, 0.1) is 15.2 Å². The first-order valence-corrected chi connectivity index (χ1v) is 8.54. The average Bonchev–Trinajstić information content (AvgIpc) is 2.43. The standard InChI is InChI=1S/C15H16Cl2INO/c1-10(4-6-16)5-8-20-15-13(18)9-12(17)11-3-2-7-19-14(11)15/h2-3,7,9-10H,4-6,8H2,1H3. The van der Waals surface area contributed by atoms with E-state index < -0.39 is 0 Å². The molecule has 1 unspecified atom stereocenters. The van der Waals surface area contributed by atoms with Crippen molar-refractivity contribution >= 4 is 56.7 Å². The summed E-state index contributed by atoms with van der Waals surface area (Å²) in [6.07, 6.45) is 3.76. The van der Waals surface area contributed by atoms with Gasteiger partial charge in [-0.3, -0.25) is 4.98 Å². The number of hydrogen-bond acceptors (Lipinski definition) is 2. The van der Waals surface area contributed by atoms with E-state index in [1.807, 2.05) is 18.2 Å².